The Morgan fingerprint density at radius 3 is 2.97 bits per heavy atom. The number of hydrogen-bond acceptors (Lipinski definition) is 7. The lowest BCUT2D eigenvalue weighted by Gasteiger charge is -2.28. The molecule has 8 heteroatoms. The molecule has 29 heavy (non-hydrogen) atoms. The Hall–Kier alpha value is -2.64. The van der Waals surface area contributed by atoms with Crippen LogP contribution in [0.25, 0.3) is 5.82 Å². The molecule has 2 heterocycles. The van der Waals surface area contributed by atoms with Gasteiger partial charge in [0.25, 0.3) is 0 Å². The van der Waals surface area contributed by atoms with Crippen LogP contribution in [-0.2, 0) is 11.5 Å². The van der Waals surface area contributed by atoms with Crippen molar-refractivity contribution >= 4 is 23.1 Å². The zero-order valence-corrected chi connectivity index (χ0v) is 17.2. The highest BCUT2D eigenvalue weighted by Crippen LogP contribution is 2.35. The maximum absolute atomic E-state index is 6.63. The SMILES string of the molecule is CC(C)Oc1cc(OCCCCl)cc2c1=C(N)N(c1cccc3c1COO3)CN=2. The molecule has 0 atom stereocenters. The Bertz CT molecular complexity index is 1030. The molecular weight excluding hydrogens is 394 g/mol. The van der Waals surface area contributed by atoms with Crippen LogP contribution in [0.15, 0.2) is 35.3 Å². The molecule has 154 valence electrons. The van der Waals surface area contributed by atoms with Gasteiger partial charge in [0.2, 0.25) is 0 Å². The summed E-state index contributed by atoms with van der Waals surface area (Å²) in [6.07, 6.45) is 0.740. The highest BCUT2D eigenvalue weighted by molar-refractivity contribution is 6.17. The van der Waals surface area contributed by atoms with Gasteiger partial charge >= 0.3 is 0 Å². The predicted molar refractivity (Wildman–Crippen MR) is 111 cm³/mol. The molecule has 0 bridgehead atoms. The number of nitrogens with two attached hydrogens (primary N) is 1. The van der Waals surface area contributed by atoms with Crippen molar-refractivity contribution in [2.24, 2.45) is 10.7 Å². The molecule has 0 spiro atoms. The van der Waals surface area contributed by atoms with Crippen LogP contribution < -0.4 is 35.6 Å². The zero-order valence-electron chi connectivity index (χ0n) is 16.5. The molecule has 2 N–H and O–H groups in total. The first-order chi connectivity index (χ1) is 14.1. The lowest BCUT2D eigenvalue weighted by atomic mass is 10.1. The summed E-state index contributed by atoms with van der Waals surface area (Å²) < 4.78 is 11.9. The van der Waals surface area contributed by atoms with E-state index in [4.69, 9.17) is 41.6 Å². The van der Waals surface area contributed by atoms with Gasteiger partial charge in [-0.25, -0.2) is 0 Å². The van der Waals surface area contributed by atoms with Crippen LogP contribution in [0.2, 0.25) is 0 Å². The summed E-state index contributed by atoms with van der Waals surface area (Å²) in [5.41, 5.74) is 8.48. The van der Waals surface area contributed by atoms with E-state index in [-0.39, 0.29) is 6.10 Å². The number of nitrogens with zero attached hydrogens (tertiary/aromatic N) is 2. The third-order valence-corrected chi connectivity index (χ3v) is 4.91. The monoisotopic (exact) mass is 417 g/mol. The van der Waals surface area contributed by atoms with Crippen molar-refractivity contribution in [1.29, 1.82) is 0 Å². The number of rotatable bonds is 7. The number of alkyl halides is 1. The number of benzene rings is 2. The van der Waals surface area contributed by atoms with Crippen LogP contribution >= 0.6 is 11.6 Å². The molecule has 0 unspecified atom stereocenters. The third-order valence-electron chi connectivity index (χ3n) is 4.64. The maximum atomic E-state index is 6.63. The van der Waals surface area contributed by atoms with Gasteiger partial charge in [0, 0.05) is 18.0 Å². The maximum Gasteiger partial charge on any atom is 0.173 e. The molecule has 0 aliphatic carbocycles. The Labute approximate surface area is 174 Å². The Kier molecular flexibility index (Phi) is 5.69. The average molecular weight is 418 g/mol. The van der Waals surface area contributed by atoms with E-state index in [2.05, 4.69) is 0 Å². The molecule has 4 rings (SSSR count). The second-order valence-corrected chi connectivity index (χ2v) is 7.46. The van der Waals surface area contributed by atoms with E-state index in [1.165, 1.54) is 0 Å². The van der Waals surface area contributed by atoms with Gasteiger partial charge in [-0.3, -0.25) is 4.99 Å². The second-order valence-electron chi connectivity index (χ2n) is 7.09. The van der Waals surface area contributed by atoms with Crippen molar-refractivity contribution in [1.82, 2.24) is 0 Å². The van der Waals surface area contributed by atoms with Crippen molar-refractivity contribution in [3.63, 3.8) is 0 Å². The smallest absolute Gasteiger partial charge is 0.173 e. The van der Waals surface area contributed by atoms with E-state index in [9.17, 15) is 0 Å². The zero-order chi connectivity index (χ0) is 20.4. The molecule has 0 radical (unpaired) electrons. The summed E-state index contributed by atoms with van der Waals surface area (Å²) in [7, 11) is 0. The van der Waals surface area contributed by atoms with Crippen molar-refractivity contribution in [2.45, 2.75) is 33.0 Å². The van der Waals surface area contributed by atoms with Gasteiger partial charge in [-0.15, -0.1) is 11.6 Å². The van der Waals surface area contributed by atoms with E-state index in [0.29, 0.717) is 48.8 Å². The minimum absolute atomic E-state index is 0.0249. The fourth-order valence-corrected chi connectivity index (χ4v) is 3.49. The molecule has 0 aromatic heterocycles. The van der Waals surface area contributed by atoms with Gasteiger partial charge < -0.3 is 25.0 Å². The minimum Gasteiger partial charge on any atom is -0.493 e. The highest BCUT2D eigenvalue weighted by Gasteiger charge is 2.25. The topological polar surface area (TPSA) is 78.5 Å². The normalized spacial score (nSPS) is 14.9. The second kappa shape index (κ2) is 8.39. The fraction of sp³-hybridized carbons (Fsp3) is 0.381. The summed E-state index contributed by atoms with van der Waals surface area (Å²) in [5, 5.41) is 1.50. The highest BCUT2D eigenvalue weighted by atomic mass is 35.5. The van der Waals surface area contributed by atoms with Crippen molar-refractivity contribution in [2.75, 3.05) is 24.1 Å². The van der Waals surface area contributed by atoms with Gasteiger partial charge in [0.1, 0.15) is 30.6 Å². The first kappa shape index (κ1) is 19.7. The first-order valence-electron chi connectivity index (χ1n) is 9.61. The van der Waals surface area contributed by atoms with E-state index >= 15 is 0 Å². The molecular formula is C21H24ClN3O4. The molecule has 7 nitrogen and oxygen atoms in total. The molecule has 2 aliphatic heterocycles. The van der Waals surface area contributed by atoms with Crippen molar-refractivity contribution in [3.05, 3.63) is 46.5 Å². The molecule has 0 saturated heterocycles. The summed E-state index contributed by atoms with van der Waals surface area (Å²) >= 11 is 5.75. The van der Waals surface area contributed by atoms with Crippen LogP contribution in [0.3, 0.4) is 0 Å². The van der Waals surface area contributed by atoms with Crippen LogP contribution in [0.1, 0.15) is 25.8 Å². The molecule has 2 aromatic rings. The number of halogens is 1. The molecule has 2 aromatic carbocycles. The Morgan fingerprint density at radius 2 is 2.17 bits per heavy atom. The predicted octanol–water partition coefficient (Wildman–Crippen LogP) is 2.43. The summed E-state index contributed by atoms with van der Waals surface area (Å²) in [5.74, 6) is 3.15. The first-order valence-corrected chi connectivity index (χ1v) is 10.1. The van der Waals surface area contributed by atoms with Crippen molar-refractivity contribution in [3.8, 4) is 17.2 Å². The number of hydrogen-bond donors (Lipinski definition) is 1. The van der Waals surface area contributed by atoms with Crippen LogP contribution in [0.4, 0.5) is 5.69 Å². The van der Waals surface area contributed by atoms with Crippen LogP contribution in [0.5, 0.6) is 17.2 Å². The van der Waals surface area contributed by atoms with E-state index in [0.717, 1.165) is 28.2 Å². The van der Waals surface area contributed by atoms with E-state index in [1.807, 2.05) is 49.1 Å². The number of anilines is 1. The number of fused-ring (bicyclic) bond motifs is 2. The molecule has 0 amide bonds. The van der Waals surface area contributed by atoms with E-state index in [1.54, 1.807) is 0 Å². The molecule has 0 saturated carbocycles. The van der Waals surface area contributed by atoms with Gasteiger partial charge in [0.05, 0.1) is 34.5 Å². The lowest BCUT2D eigenvalue weighted by Crippen LogP contribution is -2.45. The van der Waals surface area contributed by atoms with Crippen molar-refractivity contribution < 1.29 is 19.2 Å². The number of ether oxygens (including phenoxy) is 2. The standard InChI is InChI=1S/C21H24ClN3O4/c1-13(2)28-19-10-14(26-8-4-7-22)9-16-20(19)21(23)25(12-24-16)17-5-3-6-18-15(17)11-27-29-18/h3,5-6,9-10,13H,4,7-8,11-12,23H2,1-2H3. The minimum atomic E-state index is -0.0249. The molecule has 2 aliphatic rings. The van der Waals surface area contributed by atoms with Gasteiger partial charge in [-0.2, -0.15) is 4.89 Å². The quantitative estimate of drug-likeness (QED) is 0.423. The summed E-state index contributed by atoms with van der Waals surface area (Å²) in [6.45, 7) is 5.22. The Balaban J connectivity index is 1.80. The fourth-order valence-electron chi connectivity index (χ4n) is 3.38. The summed E-state index contributed by atoms with van der Waals surface area (Å²) in [4.78, 5) is 17.0. The summed E-state index contributed by atoms with van der Waals surface area (Å²) in [6, 6.07) is 9.51. The van der Waals surface area contributed by atoms with Crippen LogP contribution in [-0.4, -0.2) is 25.3 Å². The van der Waals surface area contributed by atoms with E-state index < -0.39 is 0 Å². The van der Waals surface area contributed by atoms with Crippen LogP contribution in [0, 0.1) is 0 Å². The Morgan fingerprint density at radius 1 is 1.31 bits per heavy atom. The lowest BCUT2D eigenvalue weighted by molar-refractivity contribution is -0.194. The largest absolute Gasteiger partial charge is 0.493 e. The van der Waals surface area contributed by atoms with Gasteiger partial charge in [-0.1, -0.05) is 6.07 Å². The third kappa shape index (κ3) is 3.93. The van der Waals surface area contributed by atoms with Gasteiger partial charge in [0.15, 0.2) is 5.75 Å². The molecule has 0 fully saturated rings. The van der Waals surface area contributed by atoms with Gasteiger partial charge in [-0.05, 0) is 32.4 Å². The average Bonchev–Trinajstić information content (AvgIpc) is 3.17.